The van der Waals surface area contributed by atoms with Crippen LogP contribution in [-0.4, -0.2) is 18.9 Å². The van der Waals surface area contributed by atoms with E-state index >= 15 is 0 Å². The minimum absolute atomic E-state index is 0.224. The molecule has 0 N–H and O–H groups in total. The van der Waals surface area contributed by atoms with Gasteiger partial charge in [-0.1, -0.05) is 12.1 Å². The number of hydrogen-bond acceptors (Lipinski definition) is 4. The molecule has 0 bridgehead atoms. The summed E-state index contributed by atoms with van der Waals surface area (Å²) >= 11 is 0. The molecule has 0 aromatic heterocycles. The van der Waals surface area contributed by atoms with Crippen LogP contribution in [0.1, 0.15) is 13.3 Å². The smallest absolute Gasteiger partial charge is 0.318 e. The van der Waals surface area contributed by atoms with Crippen molar-refractivity contribution in [2.75, 3.05) is 7.11 Å². The summed E-state index contributed by atoms with van der Waals surface area (Å²) in [7, 11) is 1.48. The zero-order valence-corrected chi connectivity index (χ0v) is 8.65. The molecule has 0 saturated carbocycles. The van der Waals surface area contributed by atoms with Crippen molar-refractivity contribution in [2.45, 2.75) is 13.3 Å². The van der Waals surface area contributed by atoms with Crippen molar-refractivity contribution in [1.82, 2.24) is 0 Å². The quantitative estimate of drug-likeness (QED) is 0.428. The molecule has 15 heavy (non-hydrogen) atoms. The van der Waals surface area contributed by atoms with Gasteiger partial charge in [0.2, 0.25) is 0 Å². The second-order valence-corrected chi connectivity index (χ2v) is 3.00. The third kappa shape index (κ3) is 3.42. The maximum atomic E-state index is 11.2. The van der Waals surface area contributed by atoms with Crippen LogP contribution in [0.5, 0.6) is 11.5 Å². The average molecular weight is 208 g/mol. The number of carbonyl (C=O) groups excluding carboxylic acids is 2. The molecule has 0 fully saturated rings. The standard InChI is InChI=1S/C11H12O4/c1-8(12)7-11(13)15-10-6-4-3-5-9(10)14-2/h3-6H,7H2,1-2H3. The Labute approximate surface area is 87.8 Å². The maximum absolute atomic E-state index is 11.2. The minimum atomic E-state index is -0.577. The molecule has 0 aliphatic rings. The van der Waals surface area contributed by atoms with Gasteiger partial charge in [0.25, 0.3) is 0 Å². The number of benzene rings is 1. The molecule has 0 atom stereocenters. The number of ether oxygens (including phenoxy) is 2. The lowest BCUT2D eigenvalue weighted by Gasteiger charge is -2.07. The Kier molecular flexibility index (Phi) is 3.85. The highest BCUT2D eigenvalue weighted by Gasteiger charge is 2.10. The van der Waals surface area contributed by atoms with Crippen LogP contribution in [0.15, 0.2) is 24.3 Å². The summed E-state index contributed by atoms with van der Waals surface area (Å²) in [5, 5.41) is 0. The predicted molar refractivity (Wildman–Crippen MR) is 53.9 cm³/mol. The van der Waals surface area contributed by atoms with Crippen molar-refractivity contribution < 1.29 is 19.1 Å². The summed E-state index contributed by atoms with van der Waals surface area (Å²) < 4.78 is 9.95. The number of carbonyl (C=O) groups is 2. The van der Waals surface area contributed by atoms with Crippen LogP contribution in [0.2, 0.25) is 0 Å². The van der Waals surface area contributed by atoms with E-state index in [2.05, 4.69) is 0 Å². The third-order valence-corrected chi connectivity index (χ3v) is 1.69. The van der Waals surface area contributed by atoms with Crippen molar-refractivity contribution in [2.24, 2.45) is 0 Å². The zero-order valence-electron chi connectivity index (χ0n) is 8.65. The predicted octanol–water partition coefficient (Wildman–Crippen LogP) is 1.58. The van der Waals surface area contributed by atoms with Gasteiger partial charge >= 0.3 is 5.97 Å². The van der Waals surface area contributed by atoms with Gasteiger partial charge < -0.3 is 9.47 Å². The van der Waals surface area contributed by atoms with Crippen LogP contribution in [0, 0.1) is 0 Å². The van der Waals surface area contributed by atoms with Gasteiger partial charge in [0.15, 0.2) is 11.5 Å². The van der Waals surface area contributed by atoms with Gasteiger partial charge in [-0.15, -0.1) is 0 Å². The molecular formula is C11H12O4. The molecule has 80 valence electrons. The fraction of sp³-hybridized carbons (Fsp3) is 0.273. The number of ketones is 1. The monoisotopic (exact) mass is 208 g/mol. The number of para-hydroxylation sites is 2. The van der Waals surface area contributed by atoms with Crippen LogP contribution in [0.25, 0.3) is 0 Å². The normalized spacial score (nSPS) is 9.47. The Bertz CT molecular complexity index is 371. The first kappa shape index (κ1) is 11.2. The van der Waals surface area contributed by atoms with E-state index in [0.717, 1.165) is 0 Å². The average Bonchev–Trinajstić information content (AvgIpc) is 2.17. The van der Waals surface area contributed by atoms with E-state index in [9.17, 15) is 9.59 Å². The Morgan fingerprint density at radius 3 is 2.33 bits per heavy atom. The molecule has 0 radical (unpaired) electrons. The van der Waals surface area contributed by atoms with Gasteiger partial charge in [-0.2, -0.15) is 0 Å². The molecule has 4 nitrogen and oxygen atoms in total. The number of esters is 1. The largest absolute Gasteiger partial charge is 0.493 e. The van der Waals surface area contributed by atoms with Crippen LogP contribution in [-0.2, 0) is 9.59 Å². The molecule has 1 aromatic carbocycles. The third-order valence-electron chi connectivity index (χ3n) is 1.69. The van der Waals surface area contributed by atoms with E-state index < -0.39 is 5.97 Å². The highest BCUT2D eigenvalue weighted by molar-refractivity contribution is 5.95. The summed E-state index contributed by atoms with van der Waals surface area (Å²) in [5.41, 5.74) is 0. The number of hydrogen-bond donors (Lipinski definition) is 0. The zero-order chi connectivity index (χ0) is 11.3. The second-order valence-electron chi connectivity index (χ2n) is 3.00. The first-order valence-electron chi connectivity index (χ1n) is 4.46. The molecule has 0 amide bonds. The van der Waals surface area contributed by atoms with Gasteiger partial charge in [0, 0.05) is 0 Å². The summed E-state index contributed by atoms with van der Waals surface area (Å²) in [4.78, 5) is 21.9. The number of rotatable bonds is 4. The lowest BCUT2D eigenvalue weighted by atomic mass is 10.3. The van der Waals surface area contributed by atoms with E-state index in [0.29, 0.717) is 11.5 Å². The molecule has 0 heterocycles. The molecule has 4 heteroatoms. The van der Waals surface area contributed by atoms with E-state index in [-0.39, 0.29) is 12.2 Å². The van der Waals surface area contributed by atoms with Crippen LogP contribution in [0.4, 0.5) is 0 Å². The molecule has 0 spiro atoms. The maximum Gasteiger partial charge on any atom is 0.318 e. The number of Topliss-reactive ketones (excluding diaryl/α,β-unsaturated/α-hetero) is 1. The van der Waals surface area contributed by atoms with Crippen molar-refractivity contribution >= 4 is 11.8 Å². The van der Waals surface area contributed by atoms with Gasteiger partial charge in [0.05, 0.1) is 7.11 Å². The molecule has 1 aromatic rings. The topological polar surface area (TPSA) is 52.6 Å². The highest BCUT2D eigenvalue weighted by atomic mass is 16.6. The van der Waals surface area contributed by atoms with E-state index in [4.69, 9.17) is 9.47 Å². The van der Waals surface area contributed by atoms with Gasteiger partial charge in [-0.25, -0.2) is 0 Å². The van der Waals surface area contributed by atoms with E-state index in [1.54, 1.807) is 24.3 Å². The summed E-state index contributed by atoms with van der Waals surface area (Å²) in [6.45, 7) is 1.34. The second kappa shape index (κ2) is 5.14. The molecule has 0 saturated heterocycles. The lowest BCUT2D eigenvalue weighted by molar-refractivity contribution is -0.137. The summed E-state index contributed by atoms with van der Waals surface area (Å²) in [5.74, 6) is -0.0115. The van der Waals surface area contributed by atoms with Crippen molar-refractivity contribution in [1.29, 1.82) is 0 Å². The highest BCUT2D eigenvalue weighted by Crippen LogP contribution is 2.25. The van der Waals surface area contributed by atoms with Crippen molar-refractivity contribution in [3.63, 3.8) is 0 Å². The Morgan fingerprint density at radius 2 is 1.80 bits per heavy atom. The lowest BCUT2D eigenvalue weighted by Crippen LogP contribution is -2.12. The molecular weight excluding hydrogens is 196 g/mol. The molecule has 0 unspecified atom stereocenters. The molecule has 0 aliphatic carbocycles. The minimum Gasteiger partial charge on any atom is -0.493 e. The van der Waals surface area contributed by atoms with Gasteiger partial charge in [-0.05, 0) is 19.1 Å². The summed E-state index contributed by atoms with van der Waals surface area (Å²) in [6.07, 6.45) is -0.224. The molecule has 1 rings (SSSR count). The summed E-state index contributed by atoms with van der Waals surface area (Å²) in [6, 6.07) is 6.77. The van der Waals surface area contributed by atoms with Gasteiger partial charge in [0.1, 0.15) is 12.2 Å². The SMILES string of the molecule is COc1ccccc1OC(=O)CC(C)=O. The van der Waals surface area contributed by atoms with Crippen LogP contribution >= 0.6 is 0 Å². The first-order chi connectivity index (χ1) is 7.13. The van der Waals surface area contributed by atoms with Crippen LogP contribution in [0.3, 0.4) is 0 Å². The van der Waals surface area contributed by atoms with Crippen molar-refractivity contribution in [3.05, 3.63) is 24.3 Å². The Hall–Kier alpha value is -1.84. The van der Waals surface area contributed by atoms with E-state index in [1.165, 1.54) is 14.0 Å². The number of methoxy groups -OCH3 is 1. The Morgan fingerprint density at radius 1 is 1.20 bits per heavy atom. The first-order valence-corrected chi connectivity index (χ1v) is 4.46. The fourth-order valence-electron chi connectivity index (χ4n) is 1.07. The van der Waals surface area contributed by atoms with Crippen LogP contribution < -0.4 is 9.47 Å². The molecule has 0 aliphatic heterocycles. The Balaban J connectivity index is 2.71. The fourth-order valence-corrected chi connectivity index (χ4v) is 1.07. The van der Waals surface area contributed by atoms with Gasteiger partial charge in [-0.3, -0.25) is 9.59 Å². The van der Waals surface area contributed by atoms with E-state index in [1.807, 2.05) is 0 Å². The van der Waals surface area contributed by atoms with Crippen molar-refractivity contribution in [3.8, 4) is 11.5 Å².